The quantitative estimate of drug-likeness (QED) is 0.696. The smallest absolute Gasteiger partial charge is 0.278 e. The zero-order valence-electron chi connectivity index (χ0n) is 9.55. The Hall–Kier alpha value is -1.15. The normalized spacial score (nSPS) is 13.1. The molecule has 0 aliphatic rings. The fourth-order valence-corrected chi connectivity index (χ4v) is 2.11. The van der Waals surface area contributed by atoms with E-state index in [0.29, 0.717) is 10.7 Å². The molecule has 6 nitrogen and oxygen atoms in total. The van der Waals surface area contributed by atoms with Crippen LogP contribution >= 0.6 is 11.6 Å². The molecule has 1 unspecified atom stereocenters. The molecule has 0 aromatic heterocycles. The van der Waals surface area contributed by atoms with Gasteiger partial charge in [0.25, 0.3) is 10.1 Å². The van der Waals surface area contributed by atoms with Crippen molar-refractivity contribution in [1.29, 1.82) is 0 Å². The number of benzene rings is 1. The van der Waals surface area contributed by atoms with E-state index in [4.69, 9.17) is 16.2 Å². The molecule has 0 spiro atoms. The fourth-order valence-electron chi connectivity index (χ4n) is 1.27. The number of hydrogen-bond acceptors (Lipinski definition) is 4. The summed E-state index contributed by atoms with van der Waals surface area (Å²) >= 11 is 5.67. The van der Waals surface area contributed by atoms with E-state index in [1.165, 1.54) is 19.2 Å². The molecule has 0 aliphatic heterocycles. The summed E-state index contributed by atoms with van der Waals surface area (Å²) in [7, 11) is -2.98. The fraction of sp³-hybridized carbons (Fsp3) is 0.300. The molecule has 0 saturated carbocycles. The van der Waals surface area contributed by atoms with Crippen LogP contribution in [-0.4, -0.2) is 37.7 Å². The Labute approximate surface area is 110 Å². The minimum Gasteiger partial charge on any atom is -0.325 e. The number of halogens is 1. The lowest BCUT2D eigenvalue weighted by Crippen LogP contribution is -2.41. The van der Waals surface area contributed by atoms with Crippen LogP contribution in [0.2, 0.25) is 5.02 Å². The lowest BCUT2D eigenvalue weighted by molar-refractivity contribution is -0.115. The van der Waals surface area contributed by atoms with E-state index in [-0.39, 0.29) is 6.54 Å². The summed E-state index contributed by atoms with van der Waals surface area (Å²) in [6, 6.07) is 6.16. The molecule has 8 heteroatoms. The van der Waals surface area contributed by atoms with Crippen molar-refractivity contribution in [3.05, 3.63) is 29.3 Å². The van der Waals surface area contributed by atoms with Crippen LogP contribution in [0.1, 0.15) is 0 Å². The monoisotopic (exact) mass is 292 g/mol. The second-order valence-corrected chi connectivity index (χ2v) is 5.59. The van der Waals surface area contributed by atoms with Gasteiger partial charge >= 0.3 is 0 Å². The van der Waals surface area contributed by atoms with E-state index in [2.05, 4.69) is 10.6 Å². The highest BCUT2D eigenvalue weighted by Crippen LogP contribution is 2.14. The second kappa shape index (κ2) is 6.14. The number of nitrogens with one attached hydrogen (secondary N) is 2. The van der Waals surface area contributed by atoms with Gasteiger partial charge in [0.05, 0.1) is 0 Å². The van der Waals surface area contributed by atoms with Gasteiger partial charge in [-0.05, 0) is 31.3 Å². The molecule has 0 heterocycles. The third-order valence-electron chi connectivity index (χ3n) is 2.15. The highest BCUT2D eigenvalue weighted by molar-refractivity contribution is 7.87. The predicted octanol–water partition coefficient (Wildman–Crippen LogP) is 0.754. The summed E-state index contributed by atoms with van der Waals surface area (Å²) in [4.78, 5) is 11.7. The summed E-state index contributed by atoms with van der Waals surface area (Å²) in [5.74, 6) is -0.811. The van der Waals surface area contributed by atoms with Crippen LogP contribution in [0.15, 0.2) is 24.3 Å². The first-order valence-electron chi connectivity index (χ1n) is 5.02. The second-order valence-electron chi connectivity index (χ2n) is 3.56. The molecule has 1 amide bonds. The minimum atomic E-state index is -4.46. The molecule has 3 N–H and O–H groups in total. The Kier molecular flexibility index (Phi) is 5.09. The minimum absolute atomic E-state index is 0.182. The van der Waals surface area contributed by atoms with Gasteiger partial charge in [0.2, 0.25) is 5.91 Å². The zero-order valence-corrected chi connectivity index (χ0v) is 11.1. The molecule has 0 radical (unpaired) electrons. The van der Waals surface area contributed by atoms with E-state index >= 15 is 0 Å². The standard InChI is InChI=1S/C10H13ClN2O4S/c1-12-6-9(18(15,16)17)10(14)13-8-4-2-7(11)3-5-8/h2-5,9,12H,6H2,1H3,(H,13,14)(H,15,16,17). The maximum absolute atomic E-state index is 11.7. The van der Waals surface area contributed by atoms with E-state index in [1.54, 1.807) is 12.1 Å². The first-order chi connectivity index (χ1) is 8.34. The van der Waals surface area contributed by atoms with Crippen LogP contribution in [0.3, 0.4) is 0 Å². The maximum Gasteiger partial charge on any atom is 0.278 e. The molecular formula is C10H13ClN2O4S. The lowest BCUT2D eigenvalue weighted by atomic mass is 10.3. The summed E-state index contributed by atoms with van der Waals surface area (Å²) in [6.45, 7) is -0.182. The number of amides is 1. The lowest BCUT2D eigenvalue weighted by Gasteiger charge is -2.13. The Balaban J connectivity index is 2.82. The molecule has 1 aromatic carbocycles. The van der Waals surface area contributed by atoms with Crippen LogP contribution in [0, 0.1) is 0 Å². The van der Waals surface area contributed by atoms with E-state index in [0.717, 1.165) is 0 Å². The summed E-state index contributed by atoms with van der Waals surface area (Å²) in [5, 5.41) is 3.85. The van der Waals surface area contributed by atoms with Gasteiger partial charge in [-0.1, -0.05) is 11.6 Å². The highest BCUT2D eigenvalue weighted by Gasteiger charge is 2.30. The first kappa shape index (κ1) is 14.9. The van der Waals surface area contributed by atoms with E-state index in [9.17, 15) is 13.2 Å². The van der Waals surface area contributed by atoms with Gasteiger partial charge in [-0.15, -0.1) is 0 Å². The van der Waals surface area contributed by atoms with Crippen molar-refractivity contribution in [2.24, 2.45) is 0 Å². The molecule has 0 aliphatic carbocycles. The Bertz CT molecular complexity index is 515. The molecule has 1 aromatic rings. The van der Waals surface area contributed by atoms with Crippen molar-refractivity contribution < 1.29 is 17.8 Å². The zero-order chi connectivity index (χ0) is 13.8. The van der Waals surface area contributed by atoms with Crippen LogP contribution < -0.4 is 10.6 Å². The van der Waals surface area contributed by atoms with Gasteiger partial charge < -0.3 is 10.6 Å². The third-order valence-corrected chi connectivity index (χ3v) is 3.51. The molecule has 0 bridgehead atoms. The van der Waals surface area contributed by atoms with Gasteiger partial charge in [-0.25, -0.2) is 0 Å². The van der Waals surface area contributed by atoms with Gasteiger partial charge in [0.1, 0.15) is 0 Å². The van der Waals surface area contributed by atoms with E-state index in [1.807, 2.05) is 0 Å². The van der Waals surface area contributed by atoms with Crippen LogP contribution in [0.5, 0.6) is 0 Å². The molecule has 18 heavy (non-hydrogen) atoms. The number of rotatable bonds is 5. The number of anilines is 1. The van der Waals surface area contributed by atoms with Crippen molar-refractivity contribution >= 4 is 33.3 Å². The summed E-state index contributed by atoms with van der Waals surface area (Å²) < 4.78 is 31.0. The Morgan fingerprint density at radius 3 is 2.39 bits per heavy atom. The number of carbonyl (C=O) groups excluding carboxylic acids is 1. The van der Waals surface area contributed by atoms with Gasteiger partial charge in [0, 0.05) is 17.3 Å². The first-order valence-corrected chi connectivity index (χ1v) is 6.90. The summed E-state index contributed by atoms with van der Waals surface area (Å²) in [6.07, 6.45) is 0. The highest BCUT2D eigenvalue weighted by atomic mass is 35.5. The third kappa shape index (κ3) is 4.26. The Morgan fingerprint density at radius 2 is 1.94 bits per heavy atom. The van der Waals surface area contributed by atoms with Crippen LogP contribution in [0.4, 0.5) is 5.69 Å². The molecule has 0 fully saturated rings. The average molecular weight is 293 g/mol. The topological polar surface area (TPSA) is 95.5 Å². The van der Waals surface area contributed by atoms with Crippen molar-refractivity contribution in [2.75, 3.05) is 18.9 Å². The molecule has 1 atom stereocenters. The predicted molar refractivity (Wildman–Crippen MR) is 69.3 cm³/mol. The molecule has 0 saturated heterocycles. The largest absolute Gasteiger partial charge is 0.325 e. The SMILES string of the molecule is CNCC(C(=O)Nc1ccc(Cl)cc1)S(=O)(=O)O. The van der Waals surface area contributed by atoms with Crippen LogP contribution in [0.25, 0.3) is 0 Å². The molecular weight excluding hydrogens is 280 g/mol. The average Bonchev–Trinajstić information content (AvgIpc) is 2.27. The van der Waals surface area contributed by atoms with E-state index < -0.39 is 21.3 Å². The summed E-state index contributed by atoms with van der Waals surface area (Å²) in [5.41, 5.74) is 0.397. The van der Waals surface area contributed by atoms with Crippen molar-refractivity contribution in [2.45, 2.75) is 5.25 Å². The van der Waals surface area contributed by atoms with Gasteiger partial charge in [-0.2, -0.15) is 8.42 Å². The van der Waals surface area contributed by atoms with Gasteiger partial charge in [0.15, 0.2) is 5.25 Å². The number of carbonyl (C=O) groups is 1. The molecule has 1 rings (SSSR count). The van der Waals surface area contributed by atoms with Gasteiger partial charge in [-0.3, -0.25) is 9.35 Å². The van der Waals surface area contributed by atoms with Crippen molar-refractivity contribution in [1.82, 2.24) is 5.32 Å². The molecule has 100 valence electrons. The number of hydrogen-bond donors (Lipinski definition) is 3. The van der Waals surface area contributed by atoms with Crippen molar-refractivity contribution in [3.8, 4) is 0 Å². The maximum atomic E-state index is 11.7. The Morgan fingerprint density at radius 1 is 1.39 bits per heavy atom. The van der Waals surface area contributed by atoms with Crippen molar-refractivity contribution in [3.63, 3.8) is 0 Å². The van der Waals surface area contributed by atoms with Crippen LogP contribution in [-0.2, 0) is 14.9 Å².